The summed E-state index contributed by atoms with van der Waals surface area (Å²) in [5.74, 6) is -2.54. The predicted molar refractivity (Wildman–Crippen MR) is 105 cm³/mol. The summed E-state index contributed by atoms with van der Waals surface area (Å²) < 4.78 is 0. The highest BCUT2D eigenvalue weighted by molar-refractivity contribution is 6.23. The first-order valence-corrected chi connectivity index (χ1v) is 9.73. The van der Waals surface area contributed by atoms with Gasteiger partial charge < -0.3 is 15.2 Å². The zero-order valence-corrected chi connectivity index (χ0v) is 15.8. The standard InChI is InChI=1S/C23H18N2O5/c26-20(24-17-4-2-1-3-16(17)23(29)30)12-7-9-15(10-8-12)25-21(27)18-13-5-6-14(11-13)19(18)22(25)28/h1-10,13-14,18-19H,11H2,(H,24,26)(H,29,30)/p-1/t13-,14-,18-,19-/m0/s1. The fraction of sp³-hybridized carbons (Fsp3) is 0.217. The molecule has 5 rings (SSSR count). The molecule has 0 aromatic heterocycles. The van der Waals surface area contributed by atoms with Gasteiger partial charge in [0.15, 0.2) is 0 Å². The van der Waals surface area contributed by atoms with Crippen molar-refractivity contribution >= 4 is 35.1 Å². The molecule has 3 aliphatic rings. The fourth-order valence-electron chi connectivity index (χ4n) is 4.88. The number of amides is 3. The lowest BCUT2D eigenvalue weighted by atomic mass is 9.85. The summed E-state index contributed by atoms with van der Waals surface area (Å²) in [4.78, 5) is 50.7. The minimum absolute atomic E-state index is 0.120. The molecule has 2 aliphatic carbocycles. The largest absolute Gasteiger partial charge is 0.545 e. The van der Waals surface area contributed by atoms with Crippen molar-refractivity contribution in [2.75, 3.05) is 10.2 Å². The normalized spacial score (nSPS) is 26.2. The predicted octanol–water partition coefficient (Wildman–Crippen LogP) is 1.61. The molecule has 7 nitrogen and oxygen atoms in total. The summed E-state index contributed by atoms with van der Waals surface area (Å²) >= 11 is 0. The first-order chi connectivity index (χ1) is 14.5. The number of para-hydroxylation sites is 1. The van der Waals surface area contributed by atoms with Gasteiger partial charge in [0.05, 0.1) is 29.2 Å². The average Bonchev–Trinajstić information content (AvgIpc) is 3.42. The van der Waals surface area contributed by atoms with Crippen LogP contribution < -0.4 is 15.3 Å². The van der Waals surface area contributed by atoms with E-state index in [1.54, 1.807) is 18.2 Å². The lowest BCUT2D eigenvalue weighted by molar-refractivity contribution is -0.254. The topological polar surface area (TPSA) is 107 Å². The Hall–Kier alpha value is -3.74. The van der Waals surface area contributed by atoms with Crippen LogP contribution in [-0.2, 0) is 9.59 Å². The SMILES string of the molecule is O=C(Nc1ccccc1C(=O)[O-])c1ccc(N2C(=O)[C@@H]3[C@@H](C2=O)[C@H]2C=C[C@H]3C2)cc1. The Kier molecular flexibility index (Phi) is 4.06. The van der Waals surface area contributed by atoms with Gasteiger partial charge in [-0.3, -0.25) is 19.3 Å². The number of benzene rings is 2. The van der Waals surface area contributed by atoms with Crippen LogP contribution in [0, 0.1) is 23.7 Å². The third-order valence-corrected chi connectivity index (χ3v) is 6.25. The van der Waals surface area contributed by atoms with Crippen LogP contribution in [-0.4, -0.2) is 23.7 Å². The molecule has 150 valence electrons. The molecule has 2 aromatic rings. The van der Waals surface area contributed by atoms with Crippen LogP contribution in [0.3, 0.4) is 0 Å². The second-order valence-corrected chi connectivity index (χ2v) is 7.85. The van der Waals surface area contributed by atoms with Crippen molar-refractivity contribution in [2.45, 2.75) is 6.42 Å². The Morgan fingerprint density at radius 2 is 1.50 bits per heavy atom. The Morgan fingerprint density at radius 3 is 2.10 bits per heavy atom. The summed E-state index contributed by atoms with van der Waals surface area (Å²) in [6.45, 7) is 0. The maximum atomic E-state index is 12.9. The number of fused-ring (bicyclic) bond motifs is 5. The van der Waals surface area contributed by atoms with Crippen molar-refractivity contribution in [1.29, 1.82) is 0 Å². The number of aromatic carboxylic acids is 1. The number of carbonyl (C=O) groups excluding carboxylic acids is 4. The van der Waals surface area contributed by atoms with E-state index in [1.807, 2.05) is 12.2 Å². The molecule has 7 heteroatoms. The lowest BCUT2D eigenvalue weighted by Crippen LogP contribution is -2.32. The summed E-state index contributed by atoms with van der Waals surface area (Å²) in [6.07, 6.45) is 4.95. The zero-order chi connectivity index (χ0) is 21.0. The lowest BCUT2D eigenvalue weighted by Gasteiger charge is -2.17. The molecular weight excluding hydrogens is 384 g/mol. The monoisotopic (exact) mass is 401 g/mol. The van der Waals surface area contributed by atoms with Crippen LogP contribution in [0.5, 0.6) is 0 Å². The first-order valence-electron chi connectivity index (χ1n) is 9.73. The number of rotatable bonds is 4. The number of imide groups is 1. The fourth-order valence-corrected chi connectivity index (χ4v) is 4.88. The minimum atomic E-state index is -1.39. The summed E-state index contributed by atoms with van der Waals surface area (Å²) in [7, 11) is 0. The van der Waals surface area contributed by atoms with Gasteiger partial charge in [0, 0.05) is 11.1 Å². The van der Waals surface area contributed by atoms with Crippen molar-refractivity contribution in [3.63, 3.8) is 0 Å². The second kappa shape index (κ2) is 6.66. The number of nitrogens with zero attached hydrogens (tertiary/aromatic N) is 1. The zero-order valence-electron chi connectivity index (χ0n) is 15.8. The minimum Gasteiger partial charge on any atom is -0.545 e. The number of carbonyl (C=O) groups is 4. The molecule has 1 saturated carbocycles. The Labute approximate surface area is 172 Å². The Bertz CT molecular complexity index is 1090. The van der Waals surface area contributed by atoms with E-state index in [-0.39, 0.29) is 52.3 Å². The highest BCUT2D eigenvalue weighted by atomic mass is 16.4. The summed E-state index contributed by atoms with van der Waals surface area (Å²) in [6, 6.07) is 12.1. The summed E-state index contributed by atoms with van der Waals surface area (Å²) in [5, 5.41) is 13.7. The van der Waals surface area contributed by atoms with E-state index in [0.29, 0.717) is 5.69 Å². The molecule has 4 atom stereocenters. The van der Waals surface area contributed by atoms with Crippen LogP contribution in [0.2, 0.25) is 0 Å². The first kappa shape index (κ1) is 18.3. The number of anilines is 2. The van der Waals surface area contributed by atoms with Gasteiger partial charge in [-0.05, 0) is 48.6 Å². The van der Waals surface area contributed by atoms with E-state index >= 15 is 0 Å². The van der Waals surface area contributed by atoms with Gasteiger partial charge in [-0.25, -0.2) is 0 Å². The van der Waals surface area contributed by atoms with Crippen LogP contribution in [0.1, 0.15) is 27.1 Å². The number of allylic oxidation sites excluding steroid dienone is 2. The highest BCUT2D eigenvalue weighted by Crippen LogP contribution is 2.53. The van der Waals surface area contributed by atoms with Gasteiger partial charge in [-0.1, -0.05) is 30.4 Å². The Morgan fingerprint density at radius 1 is 0.900 bits per heavy atom. The summed E-state index contributed by atoms with van der Waals surface area (Å²) in [5.41, 5.74) is 0.719. The van der Waals surface area contributed by atoms with E-state index in [4.69, 9.17) is 0 Å². The van der Waals surface area contributed by atoms with Crippen LogP contribution in [0.4, 0.5) is 11.4 Å². The van der Waals surface area contributed by atoms with Gasteiger partial charge in [0.1, 0.15) is 0 Å². The molecule has 2 aromatic carbocycles. The molecule has 1 aliphatic heterocycles. The molecule has 0 unspecified atom stereocenters. The van der Waals surface area contributed by atoms with Crippen molar-refractivity contribution in [1.82, 2.24) is 0 Å². The van der Waals surface area contributed by atoms with Crippen LogP contribution >= 0.6 is 0 Å². The van der Waals surface area contributed by atoms with E-state index in [0.717, 1.165) is 6.42 Å². The molecule has 3 amide bonds. The van der Waals surface area contributed by atoms with E-state index in [9.17, 15) is 24.3 Å². The quantitative estimate of drug-likeness (QED) is 0.619. The van der Waals surface area contributed by atoms with Crippen LogP contribution in [0.25, 0.3) is 0 Å². The van der Waals surface area contributed by atoms with Crippen molar-refractivity contribution < 1.29 is 24.3 Å². The number of hydrogen-bond acceptors (Lipinski definition) is 5. The van der Waals surface area contributed by atoms with Gasteiger partial charge >= 0.3 is 0 Å². The Balaban J connectivity index is 1.35. The molecule has 2 bridgehead atoms. The van der Waals surface area contributed by atoms with Gasteiger partial charge in [0.2, 0.25) is 11.8 Å². The number of nitrogens with one attached hydrogen (secondary N) is 1. The van der Waals surface area contributed by atoms with Crippen molar-refractivity contribution in [3.8, 4) is 0 Å². The van der Waals surface area contributed by atoms with E-state index in [2.05, 4.69) is 5.32 Å². The average molecular weight is 401 g/mol. The molecular formula is C23H17N2O5-. The van der Waals surface area contributed by atoms with E-state index in [1.165, 1.54) is 35.2 Å². The molecule has 1 saturated heterocycles. The van der Waals surface area contributed by atoms with Crippen molar-refractivity contribution in [2.24, 2.45) is 23.7 Å². The third-order valence-electron chi connectivity index (χ3n) is 6.25. The maximum absolute atomic E-state index is 12.9. The molecule has 1 heterocycles. The molecule has 1 N–H and O–H groups in total. The van der Waals surface area contributed by atoms with Crippen molar-refractivity contribution in [3.05, 3.63) is 71.8 Å². The van der Waals surface area contributed by atoms with Gasteiger partial charge in [0.25, 0.3) is 5.91 Å². The highest BCUT2D eigenvalue weighted by Gasteiger charge is 2.59. The van der Waals surface area contributed by atoms with Crippen LogP contribution in [0.15, 0.2) is 60.7 Å². The molecule has 0 radical (unpaired) electrons. The number of carboxylic acids is 1. The molecule has 30 heavy (non-hydrogen) atoms. The third kappa shape index (κ3) is 2.66. The maximum Gasteiger partial charge on any atom is 0.255 e. The second-order valence-electron chi connectivity index (χ2n) is 7.85. The smallest absolute Gasteiger partial charge is 0.255 e. The number of carboxylic acid groups (broad SMARTS) is 1. The van der Waals surface area contributed by atoms with Gasteiger partial charge in [-0.15, -0.1) is 0 Å². The van der Waals surface area contributed by atoms with Gasteiger partial charge in [-0.2, -0.15) is 0 Å². The van der Waals surface area contributed by atoms with E-state index < -0.39 is 11.9 Å². The number of hydrogen-bond donors (Lipinski definition) is 1. The molecule has 0 spiro atoms. The molecule has 2 fully saturated rings.